The van der Waals surface area contributed by atoms with E-state index >= 15 is 0 Å². The molecule has 86 valence electrons. The maximum atomic E-state index is 10.9. The molecule has 3 nitrogen and oxygen atoms in total. The Morgan fingerprint density at radius 2 is 2.27 bits per heavy atom. The van der Waals surface area contributed by atoms with Gasteiger partial charge in [0.05, 0.1) is 6.54 Å². The smallest absolute Gasteiger partial charge is 0.231 e. The molecule has 0 aliphatic heterocycles. The molecule has 1 amide bonds. The van der Waals surface area contributed by atoms with Gasteiger partial charge in [-0.15, -0.1) is 0 Å². The van der Waals surface area contributed by atoms with Crippen LogP contribution in [0.2, 0.25) is 0 Å². The summed E-state index contributed by atoms with van der Waals surface area (Å²) in [5, 5.41) is 0. The number of hydrogen-bond donors (Lipinski definition) is 1. The molecule has 0 saturated heterocycles. The van der Waals surface area contributed by atoms with Crippen molar-refractivity contribution in [3.63, 3.8) is 0 Å². The zero-order valence-electron chi connectivity index (χ0n) is 9.83. The lowest BCUT2D eigenvalue weighted by molar-refractivity contribution is -0.119. The zero-order valence-corrected chi connectivity index (χ0v) is 9.83. The fourth-order valence-electron chi connectivity index (χ4n) is 1.93. The normalized spacial score (nSPS) is 16.9. The first-order chi connectivity index (χ1) is 7.09. The van der Waals surface area contributed by atoms with Crippen molar-refractivity contribution in [3.05, 3.63) is 11.6 Å². The summed E-state index contributed by atoms with van der Waals surface area (Å²) in [6, 6.07) is 0.375. The molecule has 1 aliphatic carbocycles. The predicted molar refractivity (Wildman–Crippen MR) is 62.5 cm³/mol. The number of carbonyl (C=O) groups excluding carboxylic acids is 1. The summed E-state index contributed by atoms with van der Waals surface area (Å²) < 4.78 is 0. The lowest BCUT2D eigenvalue weighted by Gasteiger charge is -2.27. The van der Waals surface area contributed by atoms with Crippen LogP contribution in [0, 0.1) is 0 Å². The van der Waals surface area contributed by atoms with E-state index in [1.807, 2.05) is 0 Å². The zero-order chi connectivity index (χ0) is 11.3. The third-order valence-electron chi connectivity index (χ3n) is 2.88. The lowest BCUT2D eigenvalue weighted by Crippen LogP contribution is -2.39. The number of allylic oxidation sites excluding steroid dienone is 1. The van der Waals surface area contributed by atoms with Crippen LogP contribution >= 0.6 is 0 Å². The first-order valence-electron chi connectivity index (χ1n) is 5.80. The van der Waals surface area contributed by atoms with E-state index in [0.717, 1.165) is 6.54 Å². The van der Waals surface area contributed by atoms with Gasteiger partial charge < -0.3 is 5.73 Å². The topological polar surface area (TPSA) is 46.3 Å². The van der Waals surface area contributed by atoms with Gasteiger partial charge in [0, 0.05) is 12.6 Å². The lowest BCUT2D eigenvalue weighted by atomic mass is 9.99. The van der Waals surface area contributed by atoms with Crippen LogP contribution in [0.3, 0.4) is 0 Å². The van der Waals surface area contributed by atoms with Crippen molar-refractivity contribution in [2.24, 2.45) is 5.73 Å². The molecule has 0 heterocycles. The van der Waals surface area contributed by atoms with Gasteiger partial charge >= 0.3 is 0 Å². The van der Waals surface area contributed by atoms with Gasteiger partial charge in [-0.1, -0.05) is 11.6 Å². The van der Waals surface area contributed by atoms with Gasteiger partial charge in [-0.25, -0.2) is 0 Å². The van der Waals surface area contributed by atoms with E-state index in [9.17, 15) is 4.79 Å². The van der Waals surface area contributed by atoms with Crippen molar-refractivity contribution in [1.29, 1.82) is 0 Å². The molecule has 1 aliphatic rings. The first-order valence-corrected chi connectivity index (χ1v) is 5.80. The van der Waals surface area contributed by atoms with Gasteiger partial charge in [-0.05, 0) is 39.5 Å². The number of nitrogens with two attached hydrogens (primary N) is 1. The molecular formula is C12H22N2O. The Morgan fingerprint density at radius 1 is 1.53 bits per heavy atom. The van der Waals surface area contributed by atoms with Gasteiger partial charge in [0.1, 0.15) is 0 Å². The number of carbonyl (C=O) groups is 1. The summed E-state index contributed by atoms with van der Waals surface area (Å²) in [7, 11) is 0. The van der Waals surface area contributed by atoms with E-state index in [1.165, 1.54) is 31.3 Å². The minimum atomic E-state index is -0.236. The maximum Gasteiger partial charge on any atom is 0.231 e. The van der Waals surface area contributed by atoms with Crippen LogP contribution in [-0.2, 0) is 4.79 Å². The molecule has 0 atom stereocenters. The average Bonchev–Trinajstić information content (AvgIpc) is 2.17. The summed E-state index contributed by atoms with van der Waals surface area (Å²) in [6.07, 6.45) is 7.29. The molecular weight excluding hydrogens is 188 g/mol. The number of amides is 1. The Kier molecular flexibility index (Phi) is 4.82. The summed E-state index contributed by atoms with van der Waals surface area (Å²) in [6.45, 7) is 5.48. The first kappa shape index (κ1) is 12.2. The quantitative estimate of drug-likeness (QED) is 0.702. The molecule has 0 bridgehead atoms. The van der Waals surface area contributed by atoms with Crippen molar-refractivity contribution in [3.8, 4) is 0 Å². The van der Waals surface area contributed by atoms with Crippen LogP contribution in [0.5, 0.6) is 0 Å². The summed E-state index contributed by atoms with van der Waals surface area (Å²) in [5.41, 5.74) is 6.70. The highest BCUT2D eigenvalue weighted by atomic mass is 16.1. The van der Waals surface area contributed by atoms with E-state index in [1.54, 1.807) is 0 Å². The minimum Gasteiger partial charge on any atom is -0.369 e. The Morgan fingerprint density at radius 3 is 2.73 bits per heavy atom. The Balaban J connectivity index is 2.49. The molecule has 0 aromatic carbocycles. The average molecular weight is 210 g/mol. The number of hydrogen-bond acceptors (Lipinski definition) is 2. The summed E-state index contributed by atoms with van der Waals surface area (Å²) in [4.78, 5) is 13.1. The molecule has 15 heavy (non-hydrogen) atoms. The summed E-state index contributed by atoms with van der Waals surface area (Å²) in [5.74, 6) is -0.236. The van der Waals surface area contributed by atoms with Crippen LogP contribution in [0.1, 0.15) is 39.5 Å². The van der Waals surface area contributed by atoms with Crippen molar-refractivity contribution in [1.82, 2.24) is 4.90 Å². The van der Waals surface area contributed by atoms with Crippen molar-refractivity contribution < 1.29 is 4.79 Å². The molecule has 0 radical (unpaired) electrons. The SMILES string of the molecule is CC(C)N(CC(N)=O)CC1=CCCCC1. The largest absolute Gasteiger partial charge is 0.369 e. The Labute approximate surface area is 92.3 Å². The third-order valence-corrected chi connectivity index (χ3v) is 2.88. The maximum absolute atomic E-state index is 10.9. The van der Waals surface area contributed by atoms with Crippen LogP contribution in [0.15, 0.2) is 11.6 Å². The standard InChI is InChI=1S/C12H22N2O/c1-10(2)14(9-12(13)15)8-11-6-4-3-5-7-11/h6,10H,3-5,7-9H2,1-2H3,(H2,13,15). The summed E-state index contributed by atoms with van der Waals surface area (Å²) >= 11 is 0. The van der Waals surface area contributed by atoms with E-state index in [0.29, 0.717) is 12.6 Å². The van der Waals surface area contributed by atoms with E-state index < -0.39 is 0 Å². The molecule has 0 unspecified atom stereocenters. The molecule has 2 N–H and O–H groups in total. The fourth-order valence-corrected chi connectivity index (χ4v) is 1.93. The molecule has 0 aromatic heterocycles. The van der Waals surface area contributed by atoms with Crippen molar-refractivity contribution >= 4 is 5.91 Å². The highest BCUT2D eigenvalue weighted by molar-refractivity contribution is 5.76. The Bertz CT molecular complexity index is 246. The van der Waals surface area contributed by atoms with Crippen molar-refractivity contribution in [2.75, 3.05) is 13.1 Å². The highest BCUT2D eigenvalue weighted by Crippen LogP contribution is 2.18. The van der Waals surface area contributed by atoms with Gasteiger partial charge in [-0.2, -0.15) is 0 Å². The van der Waals surface area contributed by atoms with E-state index in [-0.39, 0.29) is 5.91 Å². The Hall–Kier alpha value is -0.830. The second-order valence-corrected chi connectivity index (χ2v) is 4.57. The van der Waals surface area contributed by atoms with E-state index in [4.69, 9.17) is 5.73 Å². The van der Waals surface area contributed by atoms with Crippen LogP contribution < -0.4 is 5.73 Å². The third kappa shape index (κ3) is 4.47. The van der Waals surface area contributed by atoms with Gasteiger partial charge in [0.25, 0.3) is 0 Å². The number of primary amides is 1. The predicted octanol–water partition coefficient (Wildman–Crippen LogP) is 1.68. The molecule has 0 spiro atoms. The second kappa shape index (κ2) is 5.91. The van der Waals surface area contributed by atoms with Gasteiger partial charge in [0.2, 0.25) is 5.91 Å². The van der Waals surface area contributed by atoms with Crippen LogP contribution in [-0.4, -0.2) is 29.9 Å². The van der Waals surface area contributed by atoms with Crippen molar-refractivity contribution in [2.45, 2.75) is 45.6 Å². The monoisotopic (exact) mass is 210 g/mol. The van der Waals surface area contributed by atoms with Crippen LogP contribution in [0.25, 0.3) is 0 Å². The highest BCUT2D eigenvalue weighted by Gasteiger charge is 2.14. The van der Waals surface area contributed by atoms with E-state index in [2.05, 4.69) is 24.8 Å². The molecule has 0 aromatic rings. The van der Waals surface area contributed by atoms with Gasteiger partial charge in [0.15, 0.2) is 0 Å². The van der Waals surface area contributed by atoms with Crippen LogP contribution in [0.4, 0.5) is 0 Å². The molecule has 1 rings (SSSR count). The van der Waals surface area contributed by atoms with Gasteiger partial charge in [-0.3, -0.25) is 9.69 Å². The molecule has 0 fully saturated rings. The number of nitrogens with zero attached hydrogens (tertiary/aromatic N) is 1. The second-order valence-electron chi connectivity index (χ2n) is 4.57. The molecule has 0 saturated carbocycles. The fraction of sp³-hybridized carbons (Fsp3) is 0.750. The number of rotatable bonds is 5. The molecule has 3 heteroatoms. The minimum absolute atomic E-state index is 0.236.